The molecule has 3 nitrogen and oxygen atoms in total. The first-order valence-electron chi connectivity index (χ1n) is 7.39. The Kier molecular flexibility index (Phi) is 5.26. The van der Waals surface area contributed by atoms with Crippen LogP contribution in [0.15, 0.2) is 0 Å². The van der Waals surface area contributed by atoms with Crippen LogP contribution in [0.25, 0.3) is 0 Å². The van der Waals surface area contributed by atoms with Crippen molar-refractivity contribution in [1.82, 2.24) is 4.90 Å². The number of likely N-dealkylation sites (tertiary alicyclic amines) is 1. The fourth-order valence-corrected chi connectivity index (χ4v) is 3.34. The van der Waals surface area contributed by atoms with E-state index in [4.69, 9.17) is 10.5 Å². The highest BCUT2D eigenvalue weighted by molar-refractivity contribution is 4.83. The zero-order chi connectivity index (χ0) is 12.1. The molecule has 0 aromatic rings. The van der Waals surface area contributed by atoms with Crippen LogP contribution in [0, 0.1) is 5.92 Å². The van der Waals surface area contributed by atoms with Crippen LogP contribution < -0.4 is 5.73 Å². The Balaban J connectivity index is 1.83. The van der Waals surface area contributed by atoms with Crippen molar-refractivity contribution in [3.63, 3.8) is 0 Å². The van der Waals surface area contributed by atoms with Crippen LogP contribution in [0.5, 0.6) is 0 Å². The Hall–Kier alpha value is -0.120. The molecule has 2 N–H and O–H groups in total. The minimum absolute atomic E-state index is 0.511. The van der Waals surface area contributed by atoms with E-state index in [0.717, 1.165) is 25.1 Å². The molecule has 2 saturated heterocycles. The number of nitrogens with zero attached hydrogens (tertiary/aromatic N) is 1. The van der Waals surface area contributed by atoms with Crippen LogP contribution in [-0.4, -0.2) is 43.3 Å². The maximum Gasteiger partial charge on any atom is 0.0590 e. The van der Waals surface area contributed by atoms with Gasteiger partial charge in [0, 0.05) is 19.2 Å². The highest BCUT2D eigenvalue weighted by Crippen LogP contribution is 2.26. The molecule has 2 aliphatic heterocycles. The lowest BCUT2D eigenvalue weighted by molar-refractivity contribution is -0.0383. The van der Waals surface area contributed by atoms with Crippen LogP contribution in [0.1, 0.15) is 45.4 Å². The van der Waals surface area contributed by atoms with Crippen molar-refractivity contribution in [2.45, 2.75) is 57.6 Å². The molecule has 2 fully saturated rings. The van der Waals surface area contributed by atoms with Crippen molar-refractivity contribution < 1.29 is 4.74 Å². The second-order valence-electron chi connectivity index (χ2n) is 5.70. The molecule has 0 spiro atoms. The minimum atomic E-state index is 0.511. The summed E-state index contributed by atoms with van der Waals surface area (Å²) in [7, 11) is 0. The van der Waals surface area contributed by atoms with E-state index < -0.39 is 0 Å². The summed E-state index contributed by atoms with van der Waals surface area (Å²) in [6, 6.07) is 0.759. The third-order valence-corrected chi connectivity index (χ3v) is 4.35. The number of piperidine rings is 1. The summed E-state index contributed by atoms with van der Waals surface area (Å²) in [4.78, 5) is 2.69. The molecule has 0 bridgehead atoms. The molecular formula is C14H28N2O. The van der Waals surface area contributed by atoms with Gasteiger partial charge in [0.15, 0.2) is 0 Å². The Morgan fingerprint density at radius 2 is 2.24 bits per heavy atom. The first kappa shape index (κ1) is 13.3. The van der Waals surface area contributed by atoms with E-state index >= 15 is 0 Å². The van der Waals surface area contributed by atoms with Gasteiger partial charge in [-0.05, 0) is 51.1 Å². The molecule has 0 aromatic heterocycles. The maximum absolute atomic E-state index is 5.84. The molecule has 0 aliphatic carbocycles. The van der Waals surface area contributed by atoms with Gasteiger partial charge in [-0.25, -0.2) is 0 Å². The van der Waals surface area contributed by atoms with Crippen molar-refractivity contribution in [1.29, 1.82) is 0 Å². The largest absolute Gasteiger partial charge is 0.378 e. The Labute approximate surface area is 106 Å². The van der Waals surface area contributed by atoms with Gasteiger partial charge in [-0.15, -0.1) is 0 Å². The van der Waals surface area contributed by atoms with Crippen LogP contribution in [0.2, 0.25) is 0 Å². The lowest BCUT2D eigenvalue weighted by Gasteiger charge is -2.41. The highest BCUT2D eigenvalue weighted by Gasteiger charge is 2.29. The highest BCUT2D eigenvalue weighted by atomic mass is 16.5. The quantitative estimate of drug-likeness (QED) is 0.817. The monoisotopic (exact) mass is 240 g/mol. The van der Waals surface area contributed by atoms with Crippen molar-refractivity contribution in [3.05, 3.63) is 0 Å². The summed E-state index contributed by atoms with van der Waals surface area (Å²) in [6.07, 6.45) is 8.10. The minimum Gasteiger partial charge on any atom is -0.378 e. The topological polar surface area (TPSA) is 38.5 Å². The van der Waals surface area contributed by atoms with Crippen LogP contribution in [-0.2, 0) is 4.74 Å². The molecule has 17 heavy (non-hydrogen) atoms. The van der Waals surface area contributed by atoms with Gasteiger partial charge in [-0.1, -0.05) is 13.3 Å². The molecule has 3 heteroatoms. The van der Waals surface area contributed by atoms with Gasteiger partial charge >= 0.3 is 0 Å². The average molecular weight is 240 g/mol. The van der Waals surface area contributed by atoms with Crippen LogP contribution in [0.3, 0.4) is 0 Å². The van der Waals surface area contributed by atoms with E-state index in [9.17, 15) is 0 Å². The van der Waals surface area contributed by atoms with E-state index in [-0.39, 0.29) is 0 Å². The first-order chi connectivity index (χ1) is 8.33. The summed E-state index contributed by atoms with van der Waals surface area (Å²) in [5.74, 6) is 0.733. The summed E-state index contributed by atoms with van der Waals surface area (Å²) in [5.41, 5.74) is 5.82. The molecule has 100 valence electrons. The Morgan fingerprint density at radius 3 is 3.00 bits per heavy atom. The van der Waals surface area contributed by atoms with Crippen molar-refractivity contribution in [2.24, 2.45) is 11.7 Å². The number of hydrogen-bond acceptors (Lipinski definition) is 3. The molecule has 2 aliphatic rings. The SMILES string of the molecule is CCCC1CC(N2CCCC(CN)C2)CCO1. The van der Waals surface area contributed by atoms with Gasteiger partial charge in [0.1, 0.15) is 0 Å². The predicted octanol–water partition coefficient (Wildman–Crippen LogP) is 2.00. The van der Waals surface area contributed by atoms with E-state index in [1.54, 1.807) is 0 Å². The number of hydrogen-bond donors (Lipinski definition) is 1. The summed E-state index contributed by atoms with van der Waals surface area (Å²) in [6.45, 7) is 6.57. The summed E-state index contributed by atoms with van der Waals surface area (Å²) < 4.78 is 5.84. The molecule has 3 unspecified atom stereocenters. The Bertz CT molecular complexity index is 220. The first-order valence-corrected chi connectivity index (χ1v) is 7.39. The third kappa shape index (κ3) is 3.67. The molecule has 0 saturated carbocycles. The molecule has 3 atom stereocenters. The zero-order valence-corrected chi connectivity index (χ0v) is 11.2. The van der Waals surface area contributed by atoms with E-state index in [2.05, 4.69) is 11.8 Å². The van der Waals surface area contributed by atoms with E-state index in [1.807, 2.05) is 0 Å². The van der Waals surface area contributed by atoms with Gasteiger partial charge < -0.3 is 10.5 Å². The fourth-order valence-electron chi connectivity index (χ4n) is 3.34. The summed E-state index contributed by atoms with van der Waals surface area (Å²) >= 11 is 0. The second kappa shape index (κ2) is 6.72. The van der Waals surface area contributed by atoms with Gasteiger partial charge in [0.2, 0.25) is 0 Å². The molecular weight excluding hydrogens is 212 g/mol. The fraction of sp³-hybridized carbons (Fsp3) is 1.00. The van der Waals surface area contributed by atoms with Gasteiger partial charge in [-0.3, -0.25) is 4.90 Å². The molecule has 2 heterocycles. The average Bonchev–Trinajstić information content (AvgIpc) is 2.40. The van der Waals surface area contributed by atoms with Gasteiger partial charge in [0.05, 0.1) is 6.10 Å². The molecule has 0 radical (unpaired) electrons. The molecule has 0 aromatic carbocycles. The molecule has 2 rings (SSSR count). The lowest BCUT2D eigenvalue weighted by atomic mass is 9.92. The maximum atomic E-state index is 5.84. The van der Waals surface area contributed by atoms with E-state index in [1.165, 1.54) is 51.6 Å². The van der Waals surface area contributed by atoms with Crippen molar-refractivity contribution >= 4 is 0 Å². The Morgan fingerprint density at radius 1 is 1.35 bits per heavy atom. The van der Waals surface area contributed by atoms with Crippen molar-refractivity contribution in [3.8, 4) is 0 Å². The van der Waals surface area contributed by atoms with Gasteiger partial charge in [-0.2, -0.15) is 0 Å². The number of nitrogens with two attached hydrogens (primary N) is 1. The predicted molar refractivity (Wildman–Crippen MR) is 71.0 cm³/mol. The third-order valence-electron chi connectivity index (χ3n) is 4.35. The zero-order valence-electron chi connectivity index (χ0n) is 11.2. The summed E-state index contributed by atoms with van der Waals surface area (Å²) in [5, 5.41) is 0. The number of ether oxygens (including phenoxy) is 1. The number of rotatable bonds is 4. The van der Waals surface area contributed by atoms with Crippen LogP contribution in [0.4, 0.5) is 0 Å². The van der Waals surface area contributed by atoms with Gasteiger partial charge in [0.25, 0.3) is 0 Å². The lowest BCUT2D eigenvalue weighted by Crippen LogP contribution is -2.48. The van der Waals surface area contributed by atoms with Crippen molar-refractivity contribution in [2.75, 3.05) is 26.2 Å². The normalized spacial score (nSPS) is 36.0. The molecule has 0 amide bonds. The second-order valence-corrected chi connectivity index (χ2v) is 5.70. The van der Waals surface area contributed by atoms with E-state index in [0.29, 0.717) is 6.10 Å². The smallest absolute Gasteiger partial charge is 0.0590 e. The van der Waals surface area contributed by atoms with Crippen LogP contribution >= 0.6 is 0 Å². The standard InChI is InChI=1S/C14H28N2O/c1-2-4-14-9-13(6-8-17-14)16-7-3-5-12(10-15)11-16/h12-14H,2-11,15H2,1H3.